The van der Waals surface area contributed by atoms with Crippen LogP contribution in [0.4, 0.5) is 0 Å². The number of thiazole rings is 1. The highest BCUT2D eigenvalue weighted by Gasteiger charge is 2.08. The fraction of sp³-hybridized carbons (Fsp3) is 0.211. The van der Waals surface area contributed by atoms with Crippen molar-refractivity contribution in [2.45, 2.75) is 13.1 Å². The topological polar surface area (TPSA) is 25.4 Å². The molecule has 0 saturated carbocycles. The number of aromatic nitrogens is 1. The highest BCUT2D eigenvalue weighted by Crippen LogP contribution is 2.26. The molecule has 3 rings (SSSR count). The Morgan fingerprint density at radius 1 is 1.12 bits per heavy atom. The molecule has 3 aromatic rings. The van der Waals surface area contributed by atoms with Crippen LogP contribution >= 0.6 is 22.9 Å². The van der Waals surface area contributed by atoms with Crippen LogP contribution in [0.25, 0.3) is 10.6 Å². The predicted molar refractivity (Wildman–Crippen MR) is 101 cm³/mol. The van der Waals surface area contributed by atoms with Gasteiger partial charge in [-0.1, -0.05) is 23.7 Å². The number of rotatable bonds is 6. The molecule has 0 unspecified atom stereocenters. The van der Waals surface area contributed by atoms with Crippen LogP contribution in [0.5, 0.6) is 5.75 Å². The van der Waals surface area contributed by atoms with Gasteiger partial charge >= 0.3 is 0 Å². The van der Waals surface area contributed by atoms with Gasteiger partial charge in [-0.3, -0.25) is 4.90 Å². The Morgan fingerprint density at radius 2 is 1.92 bits per heavy atom. The van der Waals surface area contributed by atoms with E-state index >= 15 is 0 Å². The summed E-state index contributed by atoms with van der Waals surface area (Å²) in [5, 5.41) is 3.92. The zero-order valence-corrected chi connectivity index (χ0v) is 15.3. The van der Waals surface area contributed by atoms with Gasteiger partial charge in [0.2, 0.25) is 0 Å². The number of methoxy groups -OCH3 is 1. The molecule has 0 atom stereocenters. The van der Waals surface area contributed by atoms with Gasteiger partial charge < -0.3 is 4.74 Å². The van der Waals surface area contributed by atoms with Gasteiger partial charge in [0.05, 0.1) is 12.8 Å². The Kier molecular flexibility index (Phi) is 5.51. The fourth-order valence-corrected chi connectivity index (χ4v) is 3.56. The first kappa shape index (κ1) is 17.0. The summed E-state index contributed by atoms with van der Waals surface area (Å²) >= 11 is 7.71. The van der Waals surface area contributed by atoms with Crippen LogP contribution in [0.1, 0.15) is 11.3 Å². The molecule has 0 saturated heterocycles. The van der Waals surface area contributed by atoms with Crippen molar-refractivity contribution in [3.63, 3.8) is 0 Å². The minimum atomic E-state index is 0.774. The molecule has 1 heterocycles. The van der Waals surface area contributed by atoms with E-state index in [4.69, 9.17) is 21.3 Å². The Morgan fingerprint density at radius 3 is 2.62 bits per heavy atom. The number of benzene rings is 2. The van der Waals surface area contributed by atoms with Crippen molar-refractivity contribution in [2.24, 2.45) is 0 Å². The van der Waals surface area contributed by atoms with Crippen molar-refractivity contribution >= 4 is 22.9 Å². The fourth-order valence-electron chi connectivity index (χ4n) is 2.53. The van der Waals surface area contributed by atoms with Crippen molar-refractivity contribution in [2.75, 3.05) is 14.2 Å². The first-order chi connectivity index (χ1) is 11.6. The molecule has 2 aromatic carbocycles. The van der Waals surface area contributed by atoms with Crippen molar-refractivity contribution in [1.29, 1.82) is 0 Å². The molecule has 0 bridgehead atoms. The second-order valence-electron chi connectivity index (χ2n) is 5.67. The van der Waals surface area contributed by atoms with Crippen molar-refractivity contribution in [3.8, 4) is 16.3 Å². The van der Waals surface area contributed by atoms with E-state index in [0.717, 1.165) is 40.1 Å². The van der Waals surface area contributed by atoms with Gasteiger partial charge in [0.25, 0.3) is 0 Å². The Balaban J connectivity index is 1.64. The van der Waals surface area contributed by atoms with Crippen LogP contribution in [-0.2, 0) is 13.1 Å². The lowest BCUT2D eigenvalue weighted by Crippen LogP contribution is -2.17. The summed E-state index contributed by atoms with van der Waals surface area (Å²) in [4.78, 5) is 6.98. The third-order valence-electron chi connectivity index (χ3n) is 3.66. The third kappa shape index (κ3) is 4.35. The number of ether oxygens (including phenoxy) is 1. The van der Waals surface area contributed by atoms with E-state index in [-0.39, 0.29) is 0 Å². The van der Waals surface area contributed by atoms with Crippen LogP contribution in [0.2, 0.25) is 5.02 Å². The number of nitrogens with zero attached hydrogens (tertiary/aromatic N) is 2. The number of halogens is 1. The molecule has 0 fully saturated rings. The minimum Gasteiger partial charge on any atom is -0.497 e. The zero-order chi connectivity index (χ0) is 16.9. The molecule has 0 amide bonds. The summed E-state index contributed by atoms with van der Waals surface area (Å²) in [5.74, 6) is 0.858. The lowest BCUT2D eigenvalue weighted by molar-refractivity contribution is 0.316. The van der Waals surface area contributed by atoms with Gasteiger partial charge in [0.15, 0.2) is 0 Å². The monoisotopic (exact) mass is 358 g/mol. The van der Waals surface area contributed by atoms with Crippen LogP contribution in [-0.4, -0.2) is 24.0 Å². The summed E-state index contributed by atoms with van der Waals surface area (Å²) in [5.41, 5.74) is 3.40. The van der Waals surface area contributed by atoms with E-state index in [1.165, 1.54) is 5.56 Å². The second-order valence-corrected chi connectivity index (χ2v) is 6.97. The molecule has 1 aromatic heterocycles. The van der Waals surface area contributed by atoms with Crippen LogP contribution in [0, 0.1) is 0 Å². The van der Waals surface area contributed by atoms with Crippen LogP contribution < -0.4 is 4.74 Å². The van der Waals surface area contributed by atoms with Gasteiger partial charge in [-0.2, -0.15) is 0 Å². The number of hydrogen-bond acceptors (Lipinski definition) is 4. The molecule has 24 heavy (non-hydrogen) atoms. The highest BCUT2D eigenvalue weighted by atomic mass is 35.5. The summed E-state index contributed by atoms with van der Waals surface area (Å²) in [6.07, 6.45) is 0. The summed E-state index contributed by atoms with van der Waals surface area (Å²) in [7, 11) is 3.76. The van der Waals surface area contributed by atoms with E-state index < -0.39 is 0 Å². The zero-order valence-electron chi connectivity index (χ0n) is 13.7. The molecule has 0 aliphatic carbocycles. The lowest BCUT2D eigenvalue weighted by Gasteiger charge is -2.15. The lowest BCUT2D eigenvalue weighted by atomic mass is 10.2. The third-order valence-corrected chi connectivity index (χ3v) is 4.84. The minimum absolute atomic E-state index is 0.774. The van der Waals surface area contributed by atoms with E-state index in [2.05, 4.69) is 23.4 Å². The number of hydrogen-bond donors (Lipinski definition) is 0. The average Bonchev–Trinajstić information content (AvgIpc) is 3.03. The normalized spacial score (nSPS) is 11.0. The maximum atomic E-state index is 6.04. The molecule has 5 heteroatoms. The Bertz CT molecular complexity index is 801. The van der Waals surface area contributed by atoms with Crippen molar-refractivity contribution in [1.82, 2.24) is 9.88 Å². The predicted octanol–water partition coefficient (Wildman–Crippen LogP) is 5.10. The quantitative estimate of drug-likeness (QED) is 0.612. The summed E-state index contributed by atoms with van der Waals surface area (Å²) < 4.78 is 5.19. The average molecular weight is 359 g/mol. The van der Waals surface area contributed by atoms with Gasteiger partial charge in [-0.05, 0) is 49.0 Å². The maximum Gasteiger partial charge on any atom is 0.123 e. The molecular formula is C19H19ClN2OS. The molecular weight excluding hydrogens is 340 g/mol. The Labute approximate surface area is 151 Å². The molecule has 0 radical (unpaired) electrons. The second kappa shape index (κ2) is 7.79. The van der Waals surface area contributed by atoms with E-state index in [9.17, 15) is 0 Å². The first-order valence-corrected chi connectivity index (χ1v) is 8.91. The van der Waals surface area contributed by atoms with Gasteiger partial charge in [0.1, 0.15) is 10.8 Å². The van der Waals surface area contributed by atoms with E-state index in [0.29, 0.717) is 0 Å². The highest BCUT2D eigenvalue weighted by molar-refractivity contribution is 7.13. The smallest absolute Gasteiger partial charge is 0.123 e. The summed E-state index contributed by atoms with van der Waals surface area (Å²) in [6.45, 7) is 1.65. The van der Waals surface area contributed by atoms with Gasteiger partial charge in [0, 0.05) is 29.1 Å². The summed E-state index contributed by atoms with van der Waals surface area (Å²) in [6, 6.07) is 16.0. The van der Waals surface area contributed by atoms with Crippen LogP contribution in [0.15, 0.2) is 53.9 Å². The van der Waals surface area contributed by atoms with Crippen LogP contribution in [0.3, 0.4) is 0 Å². The molecule has 0 spiro atoms. The Hall–Kier alpha value is -1.88. The molecule has 0 aliphatic rings. The van der Waals surface area contributed by atoms with E-state index in [1.54, 1.807) is 18.4 Å². The molecule has 3 nitrogen and oxygen atoms in total. The van der Waals surface area contributed by atoms with Gasteiger partial charge in [-0.25, -0.2) is 4.98 Å². The first-order valence-electron chi connectivity index (χ1n) is 7.66. The van der Waals surface area contributed by atoms with Gasteiger partial charge in [-0.15, -0.1) is 11.3 Å². The van der Waals surface area contributed by atoms with E-state index in [1.807, 2.05) is 42.5 Å². The van der Waals surface area contributed by atoms with Crippen molar-refractivity contribution < 1.29 is 4.74 Å². The largest absolute Gasteiger partial charge is 0.497 e. The van der Waals surface area contributed by atoms with Crippen molar-refractivity contribution in [3.05, 3.63) is 70.2 Å². The standard InChI is InChI=1S/C19H19ClN2OS/c1-22(11-14-4-3-5-16(20)10-14)12-17-13-24-19(21-17)15-6-8-18(23-2)9-7-15/h3-10,13H,11-12H2,1-2H3. The SMILES string of the molecule is COc1ccc(-c2nc(CN(C)Cc3cccc(Cl)c3)cs2)cc1. The molecule has 0 N–H and O–H groups in total. The molecule has 124 valence electrons. The maximum absolute atomic E-state index is 6.04. The molecule has 0 aliphatic heterocycles.